The van der Waals surface area contributed by atoms with Gasteiger partial charge in [-0.1, -0.05) is 12.1 Å². The minimum Gasteiger partial charge on any atom is -0.504 e. The fourth-order valence-corrected chi connectivity index (χ4v) is 5.77. The Bertz CT molecular complexity index is 1920. The standard InChI is InChI=1S/C27H18N4O5S/c1-13-7-10-19(37-13)20-21-23(15-5-3-4-6-17(15)35-27(21)33)36-26-22(20)25-29-24(30-31(25)12-28-26)14-8-9-18(34-2)16(32)11-14/h3-12,20,32H,1-2H3. The first-order chi connectivity index (χ1) is 18.0. The first-order valence-electron chi connectivity index (χ1n) is 11.4. The van der Waals surface area contributed by atoms with Gasteiger partial charge in [0, 0.05) is 15.3 Å². The molecule has 0 fully saturated rings. The van der Waals surface area contributed by atoms with Crippen molar-refractivity contribution >= 4 is 28.0 Å². The maximum atomic E-state index is 13.4. The van der Waals surface area contributed by atoms with E-state index in [1.54, 1.807) is 40.1 Å². The van der Waals surface area contributed by atoms with Gasteiger partial charge in [-0.05, 0) is 49.4 Å². The van der Waals surface area contributed by atoms with Crippen LogP contribution in [0.3, 0.4) is 0 Å². The van der Waals surface area contributed by atoms with Crippen LogP contribution in [0.25, 0.3) is 28.0 Å². The predicted octanol–water partition coefficient (Wildman–Crippen LogP) is 5.27. The van der Waals surface area contributed by atoms with Crippen molar-refractivity contribution in [2.45, 2.75) is 12.8 Å². The molecule has 9 nitrogen and oxygen atoms in total. The van der Waals surface area contributed by atoms with Gasteiger partial charge in [-0.2, -0.15) is 0 Å². The first-order valence-corrected chi connectivity index (χ1v) is 12.3. The first kappa shape index (κ1) is 21.6. The number of rotatable bonds is 3. The van der Waals surface area contributed by atoms with E-state index in [2.05, 4.69) is 10.1 Å². The number of nitrogens with zero attached hydrogens (tertiary/aromatic N) is 4. The number of benzene rings is 2. The fraction of sp³-hybridized carbons (Fsp3) is 0.111. The highest BCUT2D eigenvalue weighted by atomic mass is 32.1. The number of phenolic OH excluding ortho intramolecular Hbond substituents is 1. The Balaban J connectivity index is 1.50. The molecule has 37 heavy (non-hydrogen) atoms. The van der Waals surface area contributed by atoms with Gasteiger partial charge in [0.25, 0.3) is 0 Å². The summed E-state index contributed by atoms with van der Waals surface area (Å²) in [6.07, 6.45) is 1.53. The van der Waals surface area contributed by atoms with Crippen molar-refractivity contribution in [1.29, 1.82) is 0 Å². The average molecular weight is 511 g/mol. The van der Waals surface area contributed by atoms with E-state index in [4.69, 9.17) is 18.9 Å². The molecule has 5 heterocycles. The third kappa shape index (κ3) is 3.22. The molecule has 1 aliphatic heterocycles. The molecule has 182 valence electrons. The number of hydrogen-bond donors (Lipinski definition) is 1. The molecule has 0 spiro atoms. The molecule has 10 heteroatoms. The van der Waals surface area contributed by atoms with Crippen LogP contribution in [0, 0.1) is 6.92 Å². The zero-order chi connectivity index (χ0) is 25.3. The molecule has 0 aliphatic carbocycles. The highest BCUT2D eigenvalue weighted by Gasteiger charge is 2.38. The van der Waals surface area contributed by atoms with E-state index in [9.17, 15) is 9.90 Å². The number of ether oxygens (including phenoxy) is 2. The number of aromatic nitrogens is 4. The quantitative estimate of drug-likeness (QED) is 0.320. The summed E-state index contributed by atoms with van der Waals surface area (Å²) in [5.74, 6) is 0.980. The van der Waals surface area contributed by atoms with Crippen LogP contribution < -0.4 is 15.1 Å². The van der Waals surface area contributed by atoms with Crippen LogP contribution in [0.4, 0.5) is 0 Å². The molecule has 2 aromatic carbocycles. The van der Waals surface area contributed by atoms with E-state index >= 15 is 0 Å². The molecular weight excluding hydrogens is 492 g/mol. The Morgan fingerprint density at radius 2 is 1.97 bits per heavy atom. The molecule has 1 aliphatic rings. The van der Waals surface area contributed by atoms with Gasteiger partial charge in [0.05, 0.1) is 29.5 Å². The maximum Gasteiger partial charge on any atom is 0.344 e. The Morgan fingerprint density at radius 3 is 2.76 bits per heavy atom. The van der Waals surface area contributed by atoms with E-state index in [0.29, 0.717) is 56.5 Å². The van der Waals surface area contributed by atoms with Crippen molar-refractivity contribution in [1.82, 2.24) is 19.6 Å². The van der Waals surface area contributed by atoms with Crippen LogP contribution in [0.2, 0.25) is 0 Å². The number of para-hydroxylation sites is 1. The number of methoxy groups -OCH3 is 1. The van der Waals surface area contributed by atoms with Gasteiger partial charge in [-0.15, -0.1) is 16.4 Å². The zero-order valence-electron chi connectivity index (χ0n) is 19.6. The Hall–Kier alpha value is -4.70. The second-order valence-electron chi connectivity index (χ2n) is 8.67. The van der Waals surface area contributed by atoms with E-state index in [0.717, 1.165) is 9.75 Å². The highest BCUT2D eigenvalue weighted by molar-refractivity contribution is 7.12. The Labute approximate surface area is 213 Å². The van der Waals surface area contributed by atoms with Crippen molar-refractivity contribution in [3.63, 3.8) is 0 Å². The number of phenols is 1. The van der Waals surface area contributed by atoms with Crippen LogP contribution in [0.15, 0.2) is 70.1 Å². The van der Waals surface area contributed by atoms with Crippen LogP contribution in [0.5, 0.6) is 23.1 Å². The zero-order valence-corrected chi connectivity index (χ0v) is 20.4. The lowest BCUT2D eigenvalue weighted by Crippen LogP contribution is -2.21. The molecule has 0 radical (unpaired) electrons. The molecule has 6 aromatic rings. The van der Waals surface area contributed by atoms with E-state index in [1.165, 1.54) is 13.4 Å². The number of thiophene rings is 1. The minimum absolute atomic E-state index is 0.0207. The van der Waals surface area contributed by atoms with Crippen molar-refractivity contribution in [2.75, 3.05) is 7.11 Å². The second-order valence-corrected chi connectivity index (χ2v) is 9.99. The van der Waals surface area contributed by atoms with Gasteiger partial charge < -0.3 is 19.0 Å². The Kier molecular flexibility index (Phi) is 4.61. The normalized spacial score (nSPS) is 14.4. The SMILES string of the molecule is COc1ccc(-c2nc3c4c(ncn3n2)Oc2c(c(=O)oc3ccccc23)C4c2ccc(C)s2)cc1O. The number of aryl methyl sites for hydroxylation is 1. The lowest BCUT2D eigenvalue weighted by atomic mass is 9.88. The molecule has 0 bridgehead atoms. The number of aromatic hydroxyl groups is 1. The summed E-state index contributed by atoms with van der Waals surface area (Å²) in [6.45, 7) is 2.02. The van der Waals surface area contributed by atoms with Gasteiger partial charge in [-0.3, -0.25) is 0 Å². The van der Waals surface area contributed by atoms with Gasteiger partial charge in [0.15, 0.2) is 28.7 Å². The summed E-state index contributed by atoms with van der Waals surface area (Å²) in [4.78, 5) is 24.8. The van der Waals surface area contributed by atoms with E-state index in [-0.39, 0.29) is 5.75 Å². The average Bonchev–Trinajstić information content (AvgIpc) is 3.54. The molecular formula is C27H18N4O5S. The molecule has 0 saturated carbocycles. The van der Waals surface area contributed by atoms with Gasteiger partial charge in [0.2, 0.25) is 5.88 Å². The van der Waals surface area contributed by atoms with Crippen LogP contribution >= 0.6 is 11.3 Å². The van der Waals surface area contributed by atoms with Crippen molar-refractivity contribution < 1.29 is 19.0 Å². The summed E-state index contributed by atoms with van der Waals surface area (Å²) in [5.41, 5.74) is 2.08. The van der Waals surface area contributed by atoms with Crippen LogP contribution in [-0.2, 0) is 0 Å². The molecule has 1 atom stereocenters. The summed E-state index contributed by atoms with van der Waals surface area (Å²) >= 11 is 1.59. The molecule has 0 amide bonds. The minimum atomic E-state index is -0.518. The lowest BCUT2D eigenvalue weighted by molar-refractivity contribution is 0.373. The summed E-state index contributed by atoms with van der Waals surface area (Å²) in [6, 6.07) is 16.3. The van der Waals surface area contributed by atoms with Crippen molar-refractivity contribution in [2.24, 2.45) is 0 Å². The van der Waals surface area contributed by atoms with E-state index < -0.39 is 11.5 Å². The van der Waals surface area contributed by atoms with Gasteiger partial charge in [0.1, 0.15) is 11.9 Å². The third-order valence-electron chi connectivity index (χ3n) is 6.44. The highest BCUT2D eigenvalue weighted by Crippen LogP contribution is 2.50. The maximum absolute atomic E-state index is 13.4. The van der Waals surface area contributed by atoms with Crippen LogP contribution in [0.1, 0.15) is 26.8 Å². The predicted molar refractivity (Wildman–Crippen MR) is 137 cm³/mol. The van der Waals surface area contributed by atoms with Crippen molar-refractivity contribution in [3.05, 3.63) is 92.2 Å². The molecule has 1 N–H and O–H groups in total. The topological polar surface area (TPSA) is 112 Å². The summed E-state index contributed by atoms with van der Waals surface area (Å²) in [7, 11) is 1.49. The Morgan fingerprint density at radius 1 is 1.11 bits per heavy atom. The number of hydrogen-bond acceptors (Lipinski definition) is 9. The van der Waals surface area contributed by atoms with Crippen LogP contribution in [-0.4, -0.2) is 31.8 Å². The fourth-order valence-electron chi connectivity index (χ4n) is 4.77. The lowest BCUT2D eigenvalue weighted by Gasteiger charge is -2.26. The second kappa shape index (κ2) is 7.90. The largest absolute Gasteiger partial charge is 0.504 e. The molecule has 4 aromatic heterocycles. The van der Waals surface area contributed by atoms with E-state index in [1.807, 2.05) is 37.3 Å². The summed E-state index contributed by atoms with van der Waals surface area (Å²) < 4.78 is 18.7. The monoisotopic (exact) mass is 510 g/mol. The molecule has 0 saturated heterocycles. The van der Waals surface area contributed by atoms with Gasteiger partial charge in [-0.25, -0.2) is 19.3 Å². The molecule has 1 unspecified atom stereocenters. The molecule has 7 rings (SSSR count). The summed E-state index contributed by atoms with van der Waals surface area (Å²) in [5, 5.41) is 15.6. The number of fused-ring (bicyclic) bond motifs is 6. The third-order valence-corrected chi connectivity index (χ3v) is 7.51. The van der Waals surface area contributed by atoms with Crippen molar-refractivity contribution in [3.8, 4) is 34.5 Å². The smallest absolute Gasteiger partial charge is 0.344 e. The van der Waals surface area contributed by atoms with Gasteiger partial charge >= 0.3 is 5.63 Å².